The molecule has 2 heterocycles. The fraction of sp³-hybridized carbons (Fsp3) is 0.208. The summed E-state index contributed by atoms with van der Waals surface area (Å²) < 4.78 is 9.51. The number of amides is 1. The van der Waals surface area contributed by atoms with E-state index in [2.05, 4.69) is 5.32 Å². The Morgan fingerprint density at radius 3 is 2.38 bits per heavy atom. The lowest BCUT2D eigenvalue weighted by Crippen LogP contribution is -2.37. The van der Waals surface area contributed by atoms with E-state index in [1.807, 2.05) is 54.6 Å². The summed E-state index contributed by atoms with van der Waals surface area (Å²) in [6.45, 7) is 0.592. The van der Waals surface area contributed by atoms with Crippen LogP contribution in [0.4, 0.5) is 0 Å². The minimum absolute atomic E-state index is 0.257. The van der Waals surface area contributed by atoms with Crippen molar-refractivity contribution in [3.05, 3.63) is 98.3 Å². The molecular formula is C24H24N4O4. The summed E-state index contributed by atoms with van der Waals surface area (Å²) in [6.07, 6.45) is 0. The molecule has 0 saturated carbocycles. The maximum absolute atomic E-state index is 13.2. The van der Waals surface area contributed by atoms with Gasteiger partial charge in [-0.3, -0.25) is 18.7 Å². The van der Waals surface area contributed by atoms with Crippen LogP contribution in [0.15, 0.2) is 70.3 Å². The Morgan fingerprint density at radius 2 is 1.66 bits per heavy atom. The number of methoxy groups -OCH3 is 1. The van der Waals surface area contributed by atoms with Crippen molar-refractivity contribution < 1.29 is 9.53 Å². The number of fused-ring (bicyclic) bond motifs is 1. The van der Waals surface area contributed by atoms with Gasteiger partial charge >= 0.3 is 5.69 Å². The van der Waals surface area contributed by atoms with Gasteiger partial charge in [0.15, 0.2) is 0 Å². The van der Waals surface area contributed by atoms with E-state index in [4.69, 9.17) is 4.74 Å². The van der Waals surface area contributed by atoms with Crippen LogP contribution < -0.4 is 21.3 Å². The topological polar surface area (TPSA) is 87.3 Å². The molecule has 164 valence electrons. The largest absolute Gasteiger partial charge is 0.496 e. The van der Waals surface area contributed by atoms with Gasteiger partial charge in [0.2, 0.25) is 0 Å². The Morgan fingerprint density at radius 1 is 0.969 bits per heavy atom. The van der Waals surface area contributed by atoms with E-state index in [1.54, 1.807) is 24.8 Å². The number of aromatic nitrogens is 3. The molecule has 4 aromatic rings. The van der Waals surface area contributed by atoms with Gasteiger partial charge in [-0.15, -0.1) is 0 Å². The van der Waals surface area contributed by atoms with Crippen molar-refractivity contribution >= 4 is 16.9 Å². The van der Waals surface area contributed by atoms with Crippen molar-refractivity contribution in [1.82, 2.24) is 19.0 Å². The summed E-state index contributed by atoms with van der Waals surface area (Å²) in [5, 5.41) is 3.22. The quantitative estimate of drug-likeness (QED) is 0.505. The van der Waals surface area contributed by atoms with Crippen LogP contribution in [-0.2, 0) is 27.2 Å². The van der Waals surface area contributed by atoms with Gasteiger partial charge in [0.05, 0.1) is 12.5 Å². The number of rotatable bonds is 6. The highest BCUT2D eigenvalue weighted by Gasteiger charge is 2.21. The molecule has 0 fully saturated rings. The predicted molar refractivity (Wildman–Crippen MR) is 122 cm³/mol. The first-order chi connectivity index (χ1) is 15.4. The zero-order valence-electron chi connectivity index (χ0n) is 18.2. The highest BCUT2D eigenvalue weighted by Crippen LogP contribution is 2.20. The lowest BCUT2D eigenvalue weighted by molar-refractivity contribution is 0.0942. The lowest BCUT2D eigenvalue weighted by Gasteiger charge is -2.14. The van der Waals surface area contributed by atoms with Crippen LogP contribution in [0, 0.1) is 0 Å². The number of carbonyl (C=O) groups excluding carboxylic acids is 1. The second kappa shape index (κ2) is 8.58. The summed E-state index contributed by atoms with van der Waals surface area (Å²) in [7, 11) is 4.61. The van der Waals surface area contributed by atoms with Crippen LogP contribution >= 0.6 is 0 Å². The Labute approximate surface area is 184 Å². The molecular weight excluding hydrogens is 408 g/mol. The Kier molecular flexibility index (Phi) is 5.68. The highest BCUT2D eigenvalue weighted by molar-refractivity contribution is 5.98. The standard InChI is InChI=1S/C24H24N4O4/c1-26-22-18(23(30)27(2)24(26)31)13-19(28(22)15-16-9-5-4-6-10-16)21(29)25-14-17-11-7-8-12-20(17)32-3/h4-13H,14-15H2,1-3H3,(H,25,29). The van der Waals surface area contributed by atoms with Crippen molar-refractivity contribution in [2.75, 3.05) is 7.11 Å². The normalized spacial score (nSPS) is 11.0. The van der Waals surface area contributed by atoms with Gasteiger partial charge in [0.25, 0.3) is 11.5 Å². The van der Waals surface area contributed by atoms with Crippen LogP contribution in [0.25, 0.3) is 11.0 Å². The molecule has 8 heteroatoms. The number of aryl methyl sites for hydroxylation is 1. The number of benzene rings is 2. The molecule has 1 N–H and O–H groups in total. The second-order valence-corrected chi connectivity index (χ2v) is 7.54. The molecule has 8 nitrogen and oxygen atoms in total. The molecule has 0 unspecified atom stereocenters. The van der Waals surface area contributed by atoms with Crippen molar-refractivity contribution in [2.24, 2.45) is 14.1 Å². The molecule has 0 aliphatic rings. The minimum atomic E-state index is -0.448. The second-order valence-electron chi connectivity index (χ2n) is 7.54. The Hall–Kier alpha value is -4.07. The van der Waals surface area contributed by atoms with Crippen LogP contribution in [0.2, 0.25) is 0 Å². The van der Waals surface area contributed by atoms with Gasteiger partial charge in [0, 0.05) is 32.7 Å². The zero-order valence-corrected chi connectivity index (χ0v) is 18.2. The average molecular weight is 432 g/mol. The third-order valence-corrected chi connectivity index (χ3v) is 5.54. The molecule has 0 spiro atoms. The minimum Gasteiger partial charge on any atom is -0.496 e. The van der Waals surface area contributed by atoms with Gasteiger partial charge in [-0.05, 0) is 17.7 Å². The predicted octanol–water partition coefficient (Wildman–Crippen LogP) is 2.03. The van der Waals surface area contributed by atoms with Gasteiger partial charge in [0.1, 0.15) is 17.1 Å². The summed E-state index contributed by atoms with van der Waals surface area (Å²) in [5.74, 6) is 0.325. The van der Waals surface area contributed by atoms with Crippen molar-refractivity contribution in [1.29, 1.82) is 0 Å². The van der Waals surface area contributed by atoms with Crippen molar-refractivity contribution in [3.63, 3.8) is 0 Å². The number of ether oxygens (including phenoxy) is 1. The lowest BCUT2D eigenvalue weighted by atomic mass is 10.2. The molecule has 4 rings (SSSR count). The molecule has 32 heavy (non-hydrogen) atoms. The third-order valence-electron chi connectivity index (χ3n) is 5.54. The molecule has 0 aliphatic carbocycles. The number of nitrogens with zero attached hydrogens (tertiary/aromatic N) is 3. The fourth-order valence-corrected chi connectivity index (χ4v) is 3.87. The van der Waals surface area contributed by atoms with E-state index in [9.17, 15) is 14.4 Å². The number of carbonyl (C=O) groups is 1. The molecule has 0 radical (unpaired) electrons. The Bertz CT molecular complexity index is 1410. The Balaban J connectivity index is 1.80. The maximum atomic E-state index is 13.2. The van der Waals surface area contributed by atoms with Gasteiger partial charge in [-0.2, -0.15) is 0 Å². The summed E-state index contributed by atoms with van der Waals surface area (Å²) >= 11 is 0. The first kappa shape index (κ1) is 21.2. The van der Waals surface area contributed by atoms with Crippen LogP contribution in [-0.4, -0.2) is 26.7 Å². The molecule has 2 aromatic heterocycles. The summed E-state index contributed by atoms with van der Waals surface area (Å²) in [5.41, 5.74) is 1.60. The summed E-state index contributed by atoms with van der Waals surface area (Å²) in [6, 6.07) is 18.6. The molecule has 0 saturated heterocycles. The van der Waals surface area contributed by atoms with E-state index in [0.717, 1.165) is 15.7 Å². The van der Waals surface area contributed by atoms with E-state index in [1.165, 1.54) is 11.6 Å². The fourth-order valence-electron chi connectivity index (χ4n) is 3.87. The van der Waals surface area contributed by atoms with Crippen LogP contribution in [0.3, 0.4) is 0 Å². The van der Waals surface area contributed by atoms with Crippen molar-refractivity contribution in [3.8, 4) is 5.75 Å². The monoisotopic (exact) mass is 432 g/mol. The first-order valence-corrected chi connectivity index (χ1v) is 10.2. The number of para-hydroxylation sites is 1. The number of hydrogen-bond acceptors (Lipinski definition) is 4. The van der Waals surface area contributed by atoms with Crippen LogP contribution in [0.5, 0.6) is 5.75 Å². The highest BCUT2D eigenvalue weighted by atomic mass is 16.5. The average Bonchev–Trinajstić information content (AvgIpc) is 3.20. The van der Waals surface area contributed by atoms with E-state index < -0.39 is 11.2 Å². The first-order valence-electron chi connectivity index (χ1n) is 10.2. The number of nitrogens with one attached hydrogen (secondary N) is 1. The smallest absolute Gasteiger partial charge is 0.332 e. The maximum Gasteiger partial charge on any atom is 0.332 e. The third kappa shape index (κ3) is 3.71. The SMILES string of the molecule is COc1ccccc1CNC(=O)c1cc2c(=O)n(C)c(=O)n(C)c2n1Cc1ccccc1. The molecule has 2 aromatic carbocycles. The van der Waals surface area contributed by atoms with E-state index in [-0.39, 0.29) is 12.5 Å². The van der Waals surface area contributed by atoms with Crippen molar-refractivity contribution in [2.45, 2.75) is 13.1 Å². The van der Waals surface area contributed by atoms with Gasteiger partial charge < -0.3 is 14.6 Å². The van der Waals surface area contributed by atoms with E-state index >= 15 is 0 Å². The van der Waals surface area contributed by atoms with E-state index in [0.29, 0.717) is 29.0 Å². The molecule has 0 bridgehead atoms. The van der Waals surface area contributed by atoms with Crippen LogP contribution in [0.1, 0.15) is 21.6 Å². The molecule has 0 atom stereocenters. The van der Waals surface area contributed by atoms with Gasteiger partial charge in [-0.1, -0.05) is 48.5 Å². The van der Waals surface area contributed by atoms with Gasteiger partial charge in [-0.25, -0.2) is 4.79 Å². The molecule has 0 aliphatic heterocycles. The number of hydrogen-bond donors (Lipinski definition) is 1. The summed E-state index contributed by atoms with van der Waals surface area (Å²) in [4.78, 5) is 38.6. The molecule has 1 amide bonds. The zero-order chi connectivity index (χ0) is 22.8.